The van der Waals surface area contributed by atoms with Crippen LogP contribution in [-0.4, -0.2) is 51.6 Å². The molecule has 1 N–H and O–H groups in total. The number of thiazole rings is 1. The maximum atomic E-state index is 12.8. The number of hydrogen-bond acceptors (Lipinski definition) is 7. The van der Waals surface area contributed by atoms with Gasteiger partial charge in [-0.05, 0) is 38.0 Å². The topological polar surface area (TPSA) is 82.6 Å². The van der Waals surface area contributed by atoms with Gasteiger partial charge in [-0.1, -0.05) is 12.1 Å². The third-order valence-electron chi connectivity index (χ3n) is 6.04. The number of thiophene rings is 1. The van der Waals surface area contributed by atoms with Gasteiger partial charge in [0.15, 0.2) is 0 Å². The maximum absolute atomic E-state index is 12.8. The van der Waals surface area contributed by atoms with Crippen molar-refractivity contribution in [1.29, 1.82) is 0 Å². The normalized spacial score (nSPS) is 16.3. The molecule has 0 saturated heterocycles. The van der Waals surface area contributed by atoms with Crippen LogP contribution in [0.4, 0.5) is 5.00 Å². The van der Waals surface area contributed by atoms with Crippen molar-refractivity contribution in [3.63, 3.8) is 0 Å². The molecule has 0 spiro atoms. The molecule has 0 atom stereocenters. The number of anilines is 1. The Morgan fingerprint density at radius 2 is 1.91 bits per heavy atom. The highest BCUT2D eigenvalue weighted by atomic mass is 32.1. The van der Waals surface area contributed by atoms with Crippen LogP contribution in [0.15, 0.2) is 36.4 Å². The molecule has 2 aliphatic heterocycles. The lowest BCUT2D eigenvalue weighted by atomic mass is 10.0. The summed E-state index contributed by atoms with van der Waals surface area (Å²) < 4.78 is 1.11. The fourth-order valence-electron chi connectivity index (χ4n) is 4.21. The van der Waals surface area contributed by atoms with Gasteiger partial charge in [0, 0.05) is 54.7 Å². The van der Waals surface area contributed by atoms with Crippen molar-refractivity contribution in [2.75, 3.05) is 18.4 Å². The van der Waals surface area contributed by atoms with Gasteiger partial charge < -0.3 is 5.32 Å². The molecule has 33 heavy (non-hydrogen) atoms. The molecule has 5 rings (SSSR count). The van der Waals surface area contributed by atoms with E-state index in [9.17, 15) is 14.4 Å². The molecule has 0 fully saturated rings. The van der Waals surface area contributed by atoms with Gasteiger partial charge in [0.1, 0.15) is 10.0 Å². The first kappa shape index (κ1) is 21.9. The second-order valence-corrected chi connectivity index (χ2v) is 10.6. The van der Waals surface area contributed by atoms with Gasteiger partial charge in [0.25, 0.3) is 11.8 Å². The molecular formula is C24H24N4O3S2. The molecule has 2 aliphatic rings. The Hall–Kier alpha value is -2.88. The van der Waals surface area contributed by atoms with E-state index in [4.69, 9.17) is 4.98 Å². The molecule has 0 bridgehead atoms. The Morgan fingerprint density at radius 1 is 1.15 bits per heavy atom. The fourth-order valence-corrected chi connectivity index (χ4v) is 6.61. The zero-order valence-corrected chi connectivity index (χ0v) is 20.1. The smallest absolute Gasteiger partial charge is 0.253 e. The van der Waals surface area contributed by atoms with Crippen molar-refractivity contribution in [2.45, 2.75) is 39.3 Å². The summed E-state index contributed by atoms with van der Waals surface area (Å²) >= 11 is 3.24. The van der Waals surface area contributed by atoms with Crippen LogP contribution in [0.1, 0.15) is 30.7 Å². The van der Waals surface area contributed by atoms with Crippen molar-refractivity contribution in [1.82, 2.24) is 14.8 Å². The Bertz CT molecular complexity index is 1240. The number of amides is 3. The van der Waals surface area contributed by atoms with E-state index >= 15 is 0 Å². The molecule has 170 valence electrons. The molecule has 4 heterocycles. The lowest BCUT2D eigenvalue weighted by Gasteiger charge is -2.30. The van der Waals surface area contributed by atoms with Crippen LogP contribution < -0.4 is 5.32 Å². The van der Waals surface area contributed by atoms with Crippen LogP contribution in [0.2, 0.25) is 0 Å². The summed E-state index contributed by atoms with van der Waals surface area (Å²) in [6.45, 7) is 6.29. The van der Waals surface area contributed by atoms with Gasteiger partial charge in [-0.2, -0.15) is 0 Å². The third kappa shape index (κ3) is 4.23. The highest BCUT2D eigenvalue weighted by molar-refractivity contribution is 7.22. The lowest BCUT2D eigenvalue weighted by Crippen LogP contribution is -2.35. The lowest BCUT2D eigenvalue weighted by molar-refractivity contribution is -0.137. The number of carbonyl (C=O) groups is 3. The molecule has 0 saturated carbocycles. The number of benzene rings is 1. The van der Waals surface area contributed by atoms with E-state index in [0.717, 1.165) is 50.2 Å². The average molecular weight is 481 g/mol. The van der Waals surface area contributed by atoms with Crippen LogP contribution >= 0.6 is 22.7 Å². The van der Waals surface area contributed by atoms with E-state index in [1.54, 1.807) is 22.7 Å². The molecule has 0 aliphatic carbocycles. The SMILES string of the molecule is CC(C)N1CCc2c(sc(NC(=O)CCN3C(=O)C=CC3=O)c2-c2nc3ccccc3s2)C1. The van der Waals surface area contributed by atoms with Gasteiger partial charge in [-0.15, -0.1) is 22.7 Å². The van der Waals surface area contributed by atoms with Crippen LogP contribution in [0.25, 0.3) is 20.8 Å². The van der Waals surface area contributed by atoms with Gasteiger partial charge in [0.05, 0.1) is 10.2 Å². The van der Waals surface area contributed by atoms with E-state index in [1.165, 1.54) is 22.6 Å². The third-order valence-corrected chi connectivity index (χ3v) is 8.23. The Balaban J connectivity index is 1.44. The number of nitrogens with one attached hydrogen (secondary N) is 1. The highest BCUT2D eigenvalue weighted by Gasteiger charge is 2.29. The van der Waals surface area contributed by atoms with E-state index < -0.39 is 0 Å². The number of aromatic nitrogens is 1. The molecular weight excluding hydrogens is 456 g/mol. The predicted molar refractivity (Wildman–Crippen MR) is 131 cm³/mol. The average Bonchev–Trinajstić information content (AvgIpc) is 3.46. The van der Waals surface area contributed by atoms with Gasteiger partial charge in [-0.25, -0.2) is 4.98 Å². The van der Waals surface area contributed by atoms with E-state index in [-0.39, 0.29) is 30.7 Å². The molecule has 0 unspecified atom stereocenters. The predicted octanol–water partition coefficient (Wildman–Crippen LogP) is 4.04. The zero-order valence-electron chi connectivity index (χ0n) is 18.5. The first-order chi connectivity index (χ1) is 15.9. The fraction of sp³-hybridized carbons (Fsp3) is 0.333. The summed E-state index contributed by atoms with van der Waals surface area (Å²) in [6, 6.07) is 8.51. The van der Waals surface area contributed by atoms with Crippen LogP contribution in [-0.2, 0) is 27.3 Å². The summed E-state index contributed by atoms with van der Waals surface area (Å²) in [4.78, 5) is 46.0. The minimum atomic E-state index is -0.372. The van der Waals surface area contributed by atoms with Crippen LogP contribution in [0.3, 0.4) is 0 Å². The summed E-state index contributed by atoms with van der Waals surface area (Å²) in [5, 5.41) is 4.78. The molecule has 7 nitrogen and oxygen atoms in total. The summed E-state index contributed by atoms with van der Waals surface area (Å²) in [6.07, 6.45) is 3.44. The van der Waals surface area contributed by atoms with Gasteiger partial charge in [-0.3, -0.25) is 24.2 Å². The first-order valence-corrected chi connectivity index (χ1v) is 12.6. The van der Waals surface area contributed by atoms with Crippen molar-refractivity contribution in [3.05, 3.63) is 46.9 Å². The maximum Gasteiger partial charge on any atom is 0.253 e. The van der Waals surface area contributed by atoms with Crippen molar-refractivity contribution in [3.8, 4) is 10.6 Å². The molecule has 1 aromatic carbocycles. The zero-order chi connectivity index (χ0) is 23.1. The number of carbonyl (C=O) groups excluding carboxylic acids is 3. The van der Waals surface area contributed by atoms with Crippen molar-refractivity contribution < 1.29 is 14.4 Å². The van der Waals surface area contributed by atoms with Crippen LogP contribution in [0, 0.1) is 0 Å². The molecule has 3 amide bonds. The largest absolute Gasteiger partial charge is 0.317 e. The minimum Gasteiger partial charge on any atom is -0.317 e. The number of fused-ring (bicyclic) bond motifs is 2. The second-order valence-electron chi connectivity index (χ2n) is 8.47. The van der Waals surface area contributed by atoms with E-state index in [1.807, 2.05) is 18.2 Å². The van der Waals surface area contributed by atoms with Crippen molar-refractivity contribution >= 4 is 55.6 Å². The summed E-state index contributed by atoms with van der Waals surface area (Å²) in [5.74, 6) is -0.962. The molecule has 3 aromatic rings. The van der Waals surface area contributed by atoms with Gasteiger partial charge >= 0.3 is 0 Å². The molecule has 2 aromatic heterocycles. The second kappa shape index (κ2) is 8.81. The van der Waals surface area contributed by atoms with Crippen molar-refractivity contribution in [2.24, 2.45) is 0 Å². The summed E-state index contributed by atoms with van der Waals surface area (Å²) in [7, 11) is 0. The minimum absolute atomic E-state index is 0.0547. The number of rotatable bonds is 6. The summed E-state index contributed by atoms with van der Waals surface area (Å²) in [5.41, 5.74) is 3.23. The Kier molecular flexibility index (Phi) is 5.86. The molecule has 9 heteroatoms. The Labute approximate surface area is 199 Å². The number of imide groups is 1. The molecule has 0 radical (unpaired) electrons. The number of nitrogens with zero attached hydrogens (tertiary/aromatic N) is 3. The van der Waals surface area contributed by atoms with Gasteiger partial charge in [0.2, 0.25) is 5.91 Å². The quantitative estimate of drug-likeness (QED) is 0.539. The Morgan fingerprint density at radius 3 is 2.64 bits per heavy atom. The van der Waals surface area contributed by atoms with Crippen LogP contribution in [0.5, 0.6) is 0 Å². The van der Waals surface area contributed by atoms with E-state index in [0.29, 0.717) is 6.04 Å². The first-order valence-electron chi connectivity index (χ1n) is 11.0. The number of hydrogen-bond donors (Lipinski definition) is 1. The number of para-hydroxylation sites is 1. The van der Waals surface area contributed by atoms with E-state index in [2.05, 4.69) is 30.1 Å². The standard InChI is InChI=1S/C24H24N4O3S2/c1-14(2)27-11-9-15-18(13-27)33-24(22(15)23-25-16-5-3-4-6-17(16)32-23)26-19(29)10-12-28-20(30)7-8-21(28)31/h3-8,14H,9-13H2,1-2H3,(H,26,29). The highest BCUT2D eigenvalue weighted by Crippen LogP contribution is 2.45. The monoisotopic (exact) mass is 480 g/mol.